The second-order valence-electron chi connectivity index (χ2n) is 7.27. The Morgan fingerprint density at radius 1 is 1.42 bits per heavy atom. The summed E-state index contributed by atoms with van der Waals surface area (Å²) in [6, 6.07) is 4.24. The molecule has 7 nitrogen and oxygen atoms in total. The first-order chi connectivity index (χ1) is 12.7. The Labute approximate surface area is 158 Å². The maximum atomic E-state index is 5.67. The van der Waals surface area contributed by atoms with Crippen LogP contribution in [0.3, 0.4) is 0 Å². The minimum absolute atomic E-state index is 0.312. The molecule has 2 aromatic heterocycles. The van der Waals surface area contributed by atoms with E-state index in [9.17, 15) is 0 Å². The summed E-state index contributed by atoms with van der Waals surface area (Å²) in [7, 11) is 1.99. The smallest absolute Gasteiger partial charge is 0.194 e. The largest absolute Gasteiger partial charge is 0.381 e. The molecule has 2 fully saturated rings. The highest BCUT2D eigenvalue weighted by Crippen LogP contribution is 2.38. The lowest BCUT2D eigenvalue weighted by Crippen LogP contribution is -2.41. The summed E-state index contributed by atoms with van der Waals surface area (Å²) < 4.78 is 7.67. The maximum absolute atomic E-state index is 5.67. The first kappa shape index (κ1) is 17.5. The summed E-state index contributed by atoms with van der Waals surface area (Å²) in [4.78, 5) is 8.57. The predicted octanol–water partition coefficient (Wildman–Crippen LogP) is 1.94. The Balaban J connectivity index is 1.49. The number of thiophene rings is 1. The van der Waals surface area contributed by atoms with Gasteiger partial charge in [-0.25, -0.2) is 4.99 Å². The first-order valence-corrected chi connectivity index (χ1v) is 10.0. The van der Waals surface area contributed by atoms with Crippen molar-refractivity contribution in [2.24, 2.45) is 17.5 Å². The summed E-state index contributed by atoms with van der Waals surface area (Å²) in [5, 5.41) is 14.0. The first-order valence-electron chi connectivity index (χ1n) is 9.13. The lowest BCUT2D eigenvalue weighted by molar-refractivity contribution is 0.156. The van der Waals surface area contributed by atoms with Crippen molar-refractivity contribution in [2.75, 3.05) is 26.3 Å². The van der Waals surface area contributed by atoms with Crippen molar-refractivity contribution in [3.05, 3.63) is 34.0 Å². The Bertz CT molecular complexity index is 763. The number of aryl methyl sites for hydroxylation is 1. The standard InChI is InChI=1S/C18H26N6OS/c1-14-21-22-16(23(14)2)11-20-17(19-10-15-4-3-9-26-15)24-7-5-18(12-24)6-8-25-13-18/h3-4,9H,5-8,10-13H2,1-2H3,(H,19,20). The summed E-state index contributed by atoms with van der Waals surface area (Å²) in [6.45, 7) is 7.10. The molecular weight excluding hydrogens is 348 g/mol. The van der Waals surface area contributed by atoms with Crippen LogP contribution in [0.4, 0.5) is 0 Å². The van der Waals surface area contributed by atoms with Gasteiger partial charge in [0.05, 0.1) is 13.2 Å². The van der Waals surface area contributed by atoms with Crippen LogP contribution in [-0.4, -0.2) is 51.9 Å². The number of aliphatic imine (C=N–C) groups is 1. The van der Waals surface area contributed by atoms with Crippen molar-refractivity contribution in [1.29, 1.82) is 0 Å². The fraction of sp³-hybridized carbons (Fsp3) is 0.611. The molecule has 26 heavy (non-hydrogen) atoms. The van der Waals surface area contributed by atoms with Crippen molar-refractivity contribution in [1.82, 2.24) is 25.0 Å². The van der Waals surface area contributed by atoms with Crippen LogP contribution in [0.1, 0.15) is 29.4 Å². The van der Waals surface area contributed by atoms with Gasteiger partial charge in [-0.3, -0.25) is 0 Å². The van der Waals surface area contributed by atoms with E-state index in [1.54, 1.807) is 11.3 Å². The number of ether oxygens (including phenoxy) is 1. The van der Waals surface area contributed by atoms with Crippen molar-refractivity contribution in [2.45, 2.75) is 32.9 Å². The van der Waals surface area contributed by atoms with Crippen LogP contribution < -0.4 is 5.32 Å². The molecule has 0 saturated carbocycles. The van der Waals surface area contributed by atoms with Gasteiger partial charge in [-0.15, -0.1) is 21.5 Å². The zero-order valence-electron chi connectivity index (χ0n) is 15.4. The number of guanidine groups is 1. The molecule has 1 atom stereocenters. The van der Waals surface area contributed by atoms with Gasteiger partial charge >= 0.3 is 0 Å². The van der Waals surface area contributed by atoms with Gasteiger partial charge in [-0.1, -0.05) is 6.07 Å². The van der Waals surface area contributed by atoms with Gasteiger partial charge < -0.3 is 19.5 Å². The van der Waals surface area contributed by atoms with E-state index in [1.165, 1.54) is 11.3 Å². The summed E-state index contributed by atoms with van der Waals surface area (Å²) in [5.74, 6) is 2.75. The third-order valence-electron chi connectivity index (χ3n) is 5.48. The molecule has 2 aliphatic rings. The molecular formula is C18H26N6OS. The van der Waals surface area contributed by atoms with Gasteiger partial charge in [0.25, 0.3) is 0 Å². The maximum Gasteiger partial charge on any atom is 0.194 e. The quantitative estimate of drug-likeness (QED) is 0.654. The average Bonchev–Trinajstić information content (AvgIpc) is 3.43. The van der Waals surface area contributed by atoms with Gasteiger partial charge in [0.15, 0.2) is 11.8 Å². The summed E-state index contributed by atoms with van der Waals surface area (Å²) in [5.41, 5.74) is 0.312. The van der Waals surface area contributed by atoms with Crippen molar-refractivity contribution < 1.29 is 4.74 Å². The molecule has 0 radical (unpaired) electrons. The zero-order valence-corrected chi connectivity index (χ0v) is 16.3. The molecule has 8 heteroatoms. The Morgan fingerprint density at radius 3 is 3.04 bits per heavy atom. The minimum atomic E-state index is 0.312. The average molecular weight is 375 g/mol. The minimum Gasteiger partial charge on any atom is -0.381 e. The number of hydrogen-bond acceptors (Lipinski definition) is 5. The number of likely N-dealkylation sites (tertiary alicyclic amines) is 1. The van der Waals surface area contributed by atoms with Crippen molar-refractivity contribution in [3.63, 3.8) is 0 Å². The Kier molecular flexibility index (Phi) is 4.95. The normalized spacial score (nSPS) is 23.3. The number of hydrogen-bond donors (Lipinski definition) is 1. The van der Waals surface area contributed by atoms with E-state index < -0.39 is 0 Å². The third-order valence-corrected chi connectivity index (χ3v) is 6.35. The van der Waals surface area contributed by atoms with Gasteiger partial charge in [0.2, 0.25) is 0 Å². The second kappa shape index (κ2) is 7.36. The van der Waals surface area contributed by atoms with E-state index in [2.05, 4.69) is 37.9 Å². The summed E-state index contributed by atoms with van der Waals surface area (Å²) in [6.07, 6.45) is 2.33. The molecule has 1 N–H and O–H groups in total. The van der Waals surface area contributed by atoms with Gasteiger partial charge in [0.1, 0.15) is 12.4 Å². The molecule has 4 rings (SSSR count). The van der Waals surface area contributed by atoms with Crippen LogP contribution in [0.15, 0.2) is 22.5 Å². The van der Waals surface area contributed by atoms with Crippen LogP contribution in [0.25, 0.3) is 0 Å². The van der Waals surface area contributed by atoms with Crippen LogP contribution in [-0.2, 0) is 24.9 Å². The highest BCUT2D eigenvalue weighted by Gasteiger charge is 2.42. The lowest BCUT2D eigenvalue weighted by atomic mass is 9.87. The Morgan fingerprint density at radius 2 is 2.35 bits per heavy atom. The van der Waals surface area contributed by atoms with E-state index >= 15 is 0 Å². The summed E-state index contributed by atoms with van der Waals surface area (Å²) >= 11 is 1.76. The van der Waals surface area contributed by atoms with Crippen LogP contribution in [0.5, 0.6) is 0 Å². The predicted molar refractivity (Wildman–Crippen MR) is 102 cm³/mol. The van der Waals surface area contributed by atoms with Crippen LogP contribution in [0.2, 0.25) is 0 Å². The molecule has 0 amide bonds. The monoisotopic (exact) mass is 374 g/mol. The molecule has 2 aromatic rings. The van der Waals surface area contributed by atoms with Crippen LogP contribution >= 0.6 is 11.3 Å². The van der Waals surface area contributed by atoms with Crippen LogP contribution in [0, 0.1) is 12.3 Å². The molecule has 2 aliphatic heterocycles. The van der Waals surface area contributed by atoms with E-state index in [0.29, 0.717) is 12.0 Å². The van der Waals surface area contributed by atoms with Crippen molar-refractivity contribution in [3.8, 4) is 0 Å². The number of rotatable bonds is 4. The SMILES string of the molecule is Cc1nnc(CN=C(NCc2cccs2)N2CCC3(CCOC3)C2)n1C. The lowest BCUT2D eigenvalue weighted by Gasteiger charge is -2.25. The molecule has 0 aliphatic carbocycles. The Hall–Kier alpha value is -1.93. The highest BCUT2D eigenvalue weighted by atomic mass is 32.1. The molecule has 2 saturated heterocycles. The topological polar surface area (TPSA) is 67.6 Å². The van der Waals surface area contributed by atoms with Crippen molar-refractivity contribution >= 4 is 17.3 Å². The van der Waals surface area contributed by atoms with E-state index in [-0.39, 0.29) is 0 Å². The number of nitrogens with zero attached hydrogens (tertiary/aromatic N) is 5. The molecule has 4 heterocycles. The van der Waals surface area contributed by atoms with E-state index in [4.69, 9.17) is 9.73 Å². The zero-order chi connectivity index (χ0) is 18.0. The molecule has 1 unspecified atom stereocenters. The van der Waals surface area contributed by atoms with E-state index in [1.807, 2.05) is 18.5 Å². The van der Waals surface area contributed by atoms with E-state index in [0.717, 1.165) is 56.9 Å². The molecule has 0 aromatic carbocycles. The fourth-order valence-electron chi connectivity index (χ4n) is 3.67. The highest BCUT2D eigenvalue weighted by molar-refractivity contribution is 7.09. The van der Waals surface area contributed by atoms with Gasteiger partial charge in [-0.2, -0.15) is 0 Å². The fourth-order valence-corrected chi connectivity index (χ4v) is 4.31. The number of aromatic nitrogens is 3. The second-order valence-corrected chi connectivity index (χ2v) is 8.30. The van der Waals surface area contributed by atoms with Gasteiger partial charge in [-0.05, 0) is 31.2 Å². The molecule has 0 bridgehead atoms. The third kappa shape index (κ3) is 3.61. The molecule has 140 valence electrons. The van der Waals surface area contributed by atoms with Gasteiger partial charge in [0, 0.05) is 37.0 Å². The molecule has 1 spiro atoms. The number of nitrogens with one attached hydrogen (secondary N) is 1.